The number of nitro groups is 2. The zero-order chi connectivity index (χ0) is 35.1. The molecule has 3 aliphatic rings. The van der Waals surface area contributed by atoms with E-state index in [0.29, 0.717) is 34.1 Å². The summed E-state index contributed by atoms with van der Waals surface area (Å²) in [6, 6.07) is 26.1. The molecular formula is C38H35N2O8P. The molecular weight excluding hydrogens is 643 g/mol. The number of rotatable bonds is 7. The number of benzene rings is 4. The van der Waals surface area contributed by atoms with Crippen molar-refractivity contribution >= 4 is 24.0 Å². The van der Waals surface area contributed by atoms with Crippen LogP contribution >= 0.6 is 7.37 Å². The Morgan fingerprint density at radius 1 is 0.653 bits per heavy atom. The van der Waals surface area contributed by atoms with Gasteiger partial charge >= 0.3 is 7.37 Å². The van der Waals surface area contributed by atoms with Crippen molar-refractivity contribution in [2.24, 2.45) is 11.8 Å². The molecule has 0 radical (unpaired) electrons. The van der Waals surface area contributed by atoms with Crippen LogP contribution in [0.15, 0.2) is 144 Å². The molecule has 7 rings (SSSR count). The zero-order valence-electron chi connectivity index (χ0n) is 27.4. The second-order valence-electron chi connectivity index (χ2n) is 10.5. The molecule has 0 saturated heterocycles. The second kappa shape index (κ2) is 15.0. The standard InChI is InChI=1S/C34H23N2O8P.2C2H6/c37-35(38)22-13-17-24(18-14-22)42-31-21-33(45(41)32-12-6-4-9-28(32)26-7-3-5-11-30(26)44-45)34(29-10-2-1-8-27(29)31)43-25-19-15-23(16-20-25)36(39)40;2*1-2/h1-21,27,29H;2*1-2H3. The summed E-state index contributed by atoms with van der Waals surface area (Å²) in [5.74, 6) is 1.05. The fourth-order valence-electron chi connectivity index (χ4n) is 5.68. The Hall–Kier alpha value is -5.73. The third kappa shape index (κ3) is 6.82. The largest absolute Gasteiger partial charge is 0.461 e. The number of allylic oxidation sites excluding steroid dienone is 6. The van der Waals surface area contributed by atoms with Crippen LogP contribution in [0.3, 0.4) is 0 Å². The number of fused-ring (bicyclic) bond motifs is 4. The van der Waals surface area contributed by atoms with E-state index in [4.69, 9.17) is 14.0 Å². The first-order chi connectivity index (χ1) is 23.8. The van der Waals surface area contributed by atoms with Gasteiger partial charge in [0.15, 0.2) is 0 Å². The van der Waals surface area contributed by atoms with Crippen molar-refractivity contribution in [3.63, 3.8) is 0 Å². The van der Waals surface area contributed by atoms with Gasteiger partial charge in [-0.1, -0.05) is 88.4 Å². The molecule has 3 unspecified atom stereocenters. The summed E-state index contributed by atoms with van der Waals surface area (Å²) in [5, 5.41) is 23.2. The van der Waals surface area contributed by atoms with E-state index >= 15 is 4.57 Å². The fourth-order valence-corrected chi connectivity index (χ4v) is 8.15. The van der Waals surface area contributed by atoms with Crippen LogP contribution in [0.1, 0.15) is 27.7 Å². The van der Waals surface area contributed by atoms with Crippen molar-refractivity contribution in [3.05, 3.63) is 165 Å². The molecule has 4 aromatic carbocycles. The lowest BCUT2D eigenvalue weighted by atomic mass is 9.82. The third-order valence-corrected chi connectivity index (χ3v) is 10.3. The summed E-state index contributed by atoms with van der Waals surface area (Å²) in [6.07, 6.45) is 9.23. The number of non-ortho nitro benzene ring substituents is 2. The zero-order valence-corrected chi connectivity index (χ0v) is 28.3. The second-order valence-corrected chi connectivity index (χ2v) is 12.7. The minimum atomic E-state index is -3.91. The van der Waals surface area contributed by atoms with Crippen molar-refractivity contribution in [2.75, 3.05) is 0 Å². The quantitative estimate of drug-likeness (QED) is 0.107. The molecule has 1 heterocycles. The predicted octanol–water partition coefficient (Wildman–Crippen LogP) is 10.1. The molecule has 0 bridgehead atoms. The molecule has 0 fully saturated rings. The van der Waals surface area contributed by atoms with E-state index in [-0.39, 0.29) is 22.6 Å². The van der Waals surface area contributed by atoms with Crippen molar-refractivity contribution in [3.8, 4) is 28.4 Å². The van der Waals surface area contributed by atoms with Crippen molar-refractivity contribution in [2.45, 2.75) is 27.7 Å². The molecule has 0 N–H and O–H groups in total. The lowest BCUT2D eigenvalue weighted by molar-refractivity contribution is -0.385. The highest BCUT2D eigenvalue weighted by atomic mass is 31.2. The van der Waals surface area contributed by atoms with Crippen LogP contribution in [-0.2, 0) is 4.57 Å². The molecule has 2 aliphatic carbocycles. The van der Waals surface area contributed by atoms with Gasteiger partial charge in [-0.15, -0.1) is 0 Å². The maximum atomic E-state index is 15.4. The van der Waals surface area contributed by atoms with Crippen LogP contribution in [0.25, 0.3) is 11.1 Å². The van der Waals surface area contributed by atoms with Gasteiger partial charge in [-0.05, 0) is 48.0 Å². The molecule has 3 atom stereocenters. The van der Waals surface area contributed by atoms with E-state index in [1.54, 1.807) is 24.3 Å². The average Bonchev–Trinajstić information content (AvgIpc) is 3.14. The van der Waals surface area contributed by atoms with E-state index in [0.717, 1.165) is 11.1 Å². The first-order valence-electron chi connectivity index (χ1n) is 16.0. The molecule has 0 aromatic heterocycles. The Morgan fingerprint density at radius 2 is 1.16 bits per heavy atom. The lowest BCUT2D eigenvalue weighted by Gasteiger charge is -2.37. The highest BCUT2D eigenvalue weighted by Gasteiger charge is 2.46. The van der Waals surface area contributed by atoms with Gasteiger partial charge in [-0.25, -0.2) is 0 Å². The van der Waals surface area contributed by atoms with E-state index in [9.17, 15) is 20.2 Å². The van der Waals surface area contributed by atoms with Crippen molar-refractivity contribution in [1.29, 1.82) is 0 Å². The van der Waals surface area contributed by atoms with Crippen LogP contribution in [-0.4, -0.2) is 9.85 Å². The molecule has 0 spiro atoms. The van der Waals surface area contributed by atoms with Crippen LogP contribution in [0, 0.1) is 32.1 Å². The normalized spacial score (nSPS) is 19.6. The number of hydrogen-bond donors (Lipinski definition) is 0. The van der Waals surface area contributed by atoms with E-state index in [2.05, 4.69) is 0 Å². The smallest absolute Gasteiger partial charge is 0.310 e. The number of nitrogens with zero attached hydrogens (tertiary/aromatic N) is 2. The summed E-state index contributed by atoms with van der Waals surface area (Å²) in [4.78, 5) is 21.5. The maximum absolute atomic E-state index is 15.4. The highest BCUT2D eigenvalue weighted by molar-refractivity contribution is 7.72. The first kappa shape index (κ1) is 34.6. The molecule has 1 aliphatic heterocycles. The topological polar surface area (TPSA) is 131 Å². The number of ether oxygens (including phenoxy) is 2. The predicted molar refractivity (Wildman–Crippen MR) is 190 cm³/mol. The van der Waals surface area contributed by atoms with Gasteiger partial charge in [-0.3, -0.25) is 24.8 Å². The Balaban J connectivity index is 0.00000113. The molecule has 11 heteroatoms. The summed E-state index contributed by atoms with van der Waals surface area (Å²) in [5.41, 5.74) is 1.40. The van der Waals surface area contributed by atoms with Crippen LogP contribution < -0.4 is 19.3 Å². The van der Waals surface area contributed by atoms with Crippen molar-refractivity contribution in [1.82, 2.24) is 0 Å². The number of hydrogen-bond acceptors (Lipinski definition) is 8. The summed E-state index contributed by atoms with van der Waals surface area (Å²) in [6.45, 7) is 8.00. The van der Waals surface area contributed by atoms with Crippen LogP contribution in [0.4, 0.5) is 11.4 Å². The van der Waals surface area contributed by atoms with E-state index in [1.165, 1.54) is 48.5 Å². The van der Waals surface area contributed by atoms with E-state index < -0.39 is 23.1 Å². The molecule has 250 valence electrons. The van der Waals surface area contributed by atoms with Gasteiger partial charge in [-0.2, -0.15) is 0 Å². The first-order valence-corrected chi connectivity index (χ1v) is 17.6. The third-order valence-electron chi connectivity index (χ3n) is 7.80. The van der Waals surface area contributed by atoms with E-state index in [1.807, 2.05) is 82.3 Å². The Kier molecular flexibility index (Phi) is 10.6. The van der Waals surface area contributed by atoms with Gasteiger partial charge in [0, 0.05) is 41.7 Å². The highest BCUT2D eigenvalue weighted by Crippen LogP contribution is 2.63. The minimum Gasteiger partial charge on any atom is -0.461 e. The Morgan fingerprint density at radius 3 is 1.76 bits per heavy atom. The molecule has 49 heavy (non-hydrogen) atoms. The monoisotopic (exact) mass is 678 g/mol. The lowest BCUT2D eigenvalue weighted by Crippen LogP contribution is -2.29. The number of para-hydroxylation sites is 1. The average molecular weight is 679 g/mol. The van der Waals surface area contributed by atoms with Crippen LogP contribution in [0.2, 0.25) is 0 Å². The molecule has 4 aromatic rings. The fraction of sp³-hybridized carbons (Fsp3) is 0.158. The van der Waals surface area contributed by atoms with Crippen molar-refractivity contribution < 1.29 is 28.4 Å². The summed E-state index contributed by atoms with van der Waals surface area (Å²) < 4.78 is 34.7. The van der Waals surface area contributed by atoms with Crippen LogP contribution in [0.5, 0.6) is 17.2 Å². The van der Waals surface area contributed by atoms with Gasteiger partial charge in [0.05, 0.1) is 20.5 Å². The maximum Gasteiger partial charge on any atom is 0.310 e. The Labute approximate surface area is 284 Å². The van der Waals surface area contributed by atoms with Gasteiger partial charge in [0.1, 0.15) is 28.8 Å². The van der Waals surface area contributed by atoms with Gasteiger partial charge < -0.3 is 14.0 Å². The minimum absolute atomic E-state index is 0.0759. The summed E-state index contributed by atoms with van der Waals surface area (Å²) in [7, 11) is -3.91. The molecule has 0 amide bonds. The number of nitro benzene ring substituents is 2. The Bertz CT molecular complexity index is 2030. The molecule has 0 saturated carbocycles. The molecule has 10 nitrogen and oxygen atoms in total. The SMILES string of the molecule is CC.CC.O=[N+]([O-])c1ccc(OC2=CC(P3(=O)Oc4ccccc4-c4ccccc43)=C(Oc3ccc([N+](=O)[O-])cc3)C3C=CC=CC23)cc1. The summed E-state index contributed by atoms with van der Waals surface area (Å²) >= 11 is 0. The van der Waals surface area contributed by atoms with Gasteiger partial charge in [0.2, 0.25) is 0 Å². The van der Waals surface area contributed by atoms with Gasteiger partial charge in [0.25, 0.3) is 11.4 Å².